The average molecular weight is 491 g/mol. The van der Waals surface area contributed by atoms with Gasteiger partial charge in [0.05, 0.1) is 0 Å². The Morgan fingerprint density at radius 2 is 1.03 bits per heavy atom. The number of benzene rings is 4. The molecule has 0 fully saturated rings. The van der Waals surface area contributed by atoms with E-state index in [1.807, 2.05) is 48.5 Å². The Morgan fingerprint density at radius 1 is 0.649 bits per heavy atom. The van der Waals surface area contributed by atoms with Gasteiger partial charge in [0.1, 0.15) is 5.82 Å². The maximum absolute atomic E-state index is 13.9. The zero-order valence-corrected chi connectivity index (χ0v) is 20.2. The van der Waals surface area contributed by atoms with E-state index in [1.54, 1.807) is 79.7 Å². The van der Waals surface area contributed by atoms with Crippen molar-refractivity contribution < 1.29 is 15.0 Å². The van der Waals surface area contributed by atoms with Crippen molar-refractivity contribution in [3.63, 3.8) is 0 Å². The van der Waals surface area contributed by atoms with Crippen LogP contribution in [0.4, 0.5) is 0 Å². The standard InChI is InChI=1S/C30H26N4O3/c1-22-31-32-27(29(36,23-14-6-2-7-15-23)24-16-8-3-9-17-24)34(22)33-28(35)30(37,25-18-10-4-11-19-25)26-20-12-5-13-21-26/h2-21,36-37H,1H3,(H,33,35). The summed E-state index contributed by atoms with van der Waals surface area (Å²) < 4.78 is 1.33. The molecule has 0 bridgehead atoms. The van der Waals surface area contributed by atoms with E-state index in [2.05, 4.69) is 15.6 Å². The average Bonchev–Trinajstić information content (AvgIpc) is 3.34. The third-order valence-corrected chi connectivity index (χ3v) is 6.46. The maximum atomic E-state index is 13.9. The minimum Gasteiger partial charge on any atom is -0.373 e. The third-order valence-electron chi connectivity index (χ3n) is 6.46. The molecule has 0 saturated carbocycles. The number of rotatable bonds is 7. The normalized spacial score (nSPS) is 11.8. The fourth-order valence-electron chi connectivity index (χ4n) is 4.48. The van der Waals surface area contributed by atoms with Crippen molar-refractivity contribution in [3.8, 4) is 0 Å². The van der Waals surface area contributed by atoms with Gasteiger partial charge in [-0.3, -0.25) is 10.2 Å². The second-order valence-electron chi connectivity index (χ2n) is 8.73. The summed E-state index contributed by atoms with van der Waals surface area (Å²) >= 11 is 0. The lowest BCUT2D eigenvalue weighted by atomic mass is 9.85. The first-order chi connectivity index (χ1) is 18.0. The summed E-state index contributed by atoms with van der Waals surface area (Å²) in [4.78, 5) is 13.9. The predicted octanol–water partition coefficient (Wildman–Crippen LogP) is 3.88. The van der Waals surface area contributed by atoms with Gasteiger partial charge in [0.15, 0.2) is 17.0 Å². The van der Waals surface area contributed by atoms with Crippen LogP contribution < -0.4 is 5.43 Å². The molecule has 0 aliphatic rings. The van der Waals surface area contributed by atoms with Crippen LogP contribution >= 0.6 is 0 Å². The van der Waals surface area contributed by atoms with Gasteiger partial charge < -0.3 is 10.2 Å². The fraction of sp³-hybridized carbons (Fsp3) is 0.100. The summed E-state index contributed by atoms with van der Waals surface area (Å²) in [6.45, 7) is 1.66. The molecule has 0 aliphatic heterocycles. The van der Waals surface area contributed by atoms with Crippen molar-refractivity contribution in [2.24, 2.45) is 0 Å². The second kappa shape index (κ2) is 9.81. The molecule has 0 unspecified atom stereocenters. The van der Waals surface area contributed by atoms with Gasteiger partial charge in [-0.25, -0.2) is 4.68 Å². The Morgan fingerprint density at radius 3 is 1.43 bits per heavy atom. The molecule has 1 aromatic heterocycles. The molecule has 0 aliphatic carbocycles. The van der Waals surface area contributed by atoms with E-state index in [-0.39, 0.29) is 5.82 Å². The summed E-state index contributed by atoms with van der Waals surface area (Å²) in [7, 11) is 0. The monoisotopic (exact) mass is 490 g/mol. The van der Waals surface area contributed by atoms with Crippen LogP contribution in [0.5, 0.6) is 0 Å². The van der Waals surface area contributed by atoms with Gasteiger partial charge in [0, 0.05) is 0 Å². The zero-order chi connectivity index (χ0) is 25.9. The molecular weight excluding hydrogens is 464 g/mol. The lowest BCUT2D eigenvalue weighted by molar-refractivity contribution is -0.132. The quantitative estimate of drug-likeness (QED) is 0.322. The molecule has 3 N–H and O–H groups in total. The fourth-order valence-corrected chi connectivity index (χ4v) is 4.48. The van der Waals surface area contributed by atoms with Crippen LogP contribution in [0.1, 0.15) is 33.9 Å². The Hall–Kier alpha value is -4.59. The van der Waals surface area contributed by atoms with Gasteiger partial charge in [-0.05, 0) is 29.2 Å². The highest BCUT2D eigenvalue weighted by molar-refractivity contribution is 5.95. The van der Waals surface area contributed by atoms with Crippen LogP contribution in [0.2, 0.25) is 0 Å². The van der Waals surface area contributed by atoms with E-state index in [0.717, 1.165) is 0 Å². The molecular formula is C30H26N4O3. The highest BCUT2D eigenvalue weighted by Crippen LogP contribution is 2.36. The molecule has 0 spiro atoms. The van der Waals surface area contributed by atoms with E-state index >= 15 is 0 Å². The molecule has 7 nitrogen and oxygen atoms in total. The Kier molecular flexibility index (Phi) is 6.40. The number of hydrogen-bond acceptors (Lipinski definition) is 5. The van der Waals surface area contributed by atoms with Crippen LogP contribution in [0.25, 0.3) is 0 Å². The Balaban J connectivity index is 1.64. The highest BCUT2D eigenvalue weighted by Gasteiger charge is 2.43. The topological polar surface area (TPSA) is 100 Å². The van der Waals surface area contributed by atoms with Gasteiger partial charge in [-0.1, -0.05) is 121 Å². The number of aromatic nitrogens is 3. The predicted molar refractivity (Wildman–Crippen MR) is 140 cm³/mol. The molecule has 5 aromatic rings. The number of hydrogen-bond donors (Lipinski definition) is 3. The number of aliphatic hydroxyl groups is 2. The highest BCUT2D eigenvalue weighted by atomic mass is 16.3. The van der Waals surface area contributed by atoms with Crippen LogP contribution in [-0.2, 0) is 16.0 Å². The van der Waals surface area contributed by atoms with Crippen LogP contribution in [0.15, 0.2) is 121 Å². The van der Waals surface area contributed by atoms with E-state index in [0.29, 0.717) is 28.1 Å². The second-order valence-corrected chi connectivity index (χ2v) is 8.73. The van der Waals surface area contributed by atoms with Crippen molar-refractivity contribution in [3.05, 3.63) is 155 Å². The molecule has 0 saturated heterocycles. The van der Waals surface area contributed by atoms with Gasteiger partial charge in [-0.15, -0.1) is 10.2 Å². The molecule has 1 heterocycles. The van der Waals surface area contributed by atoms with Crippen molar-refractivity contribution >= 4 is 5.91 Å². The molecule has 184 valence electrons. The third kappa shape index (κ3) is 4.20. The van der Waals surface area contributed by atoms with Crippen LogP contribution in [0.3, 0.4) is 0 Å². The SMILES string of the molecule is Cc1nnc(C(O)(c2ccccc2)c2ccccc2)n1NC(=O)C(O)(c1ccccc1)c1ccccc1. The molecule has 7 heteroatoms. The Labute approximate surface area is 214 Å². The van der Waals surface area contributed by atoms with Gasteiger partial charge in [0.25, 0.3) is 5.91 Å². The van der Waals surface area contributed by atoms with E-state index in [4.69, 9.17) is 0 Å². The molecule has 0 radical (unpaired) electrons. The summed E-state index contributed by atoms with van der Waals surface area (Å²) in [5, 5.41) is 32.6. The van der Waals surface area contributed by atoms with Crippen molar-refractivity contribution in [1.29, 1.82) is 0 Å². The first-order valence-electron chi connectivity index (χ1n) is 11.9. The maximum Gasteiger partial charge on any atom is 0.280 e. The lowest BCUT2D eigenvalue weighted by Crippen LogP contribution is -2.46. The lowest BCUT2D eigenvalue weighted by Gasteiger charge is -2.31. The van der Waals surface area contributed by atoms with Gasteiger partial charge in [0.2, 0.25) is 0 Å². The molecule has 37 heavy (non-hydrogen) atoms. The smallest absolute Gasteiger partial charge is 0.280 e. The number of carbonyl (C=O) groups excluding carboxylic acids is 1. The number of amides is 1. The first-order valence-corrected chi connectivity index (χ1v) is 11.9. The Bertz CT molecular complexity index is 1410. The summed E-state index contributed by atoms with van der Waals surface area (Å²) in [6, 6.07) is 35.6. The van der Waals surface area contributed by atoms with Crippen LogP contribution in [0, 0.1) is 6.92 Å². The molecule has 4 aromatic carbocycles. The minimum absolute atomic E-state index is 0.0826. The number of aryl methyl sites for hydroxylation is 1. The van der Waals surface area contributed by atoms with Crippen LogP contribution in [-0.4, -0.2) is 31.0 Å². The first kappa shape index (κ1) is 24.1. The van der Waals surface area contributed by atoms with Crippen molar-refractivity contribution in [1.82, 2.24) is 14.9 Å². The minimum atomic E-state index is -2.02. The number of carbonyl (C=O) groups is 1. The molecule has 1 amide bonds. The molecule has 5 rings (SSSR count). The zero-order valence-electron chi connectivity index (χ0n) is 20.2. The summed E-state index contributed by atoms with van der Waals surface area (Å²) in [5.74, 6) is -0.311. The van der Waals surface area contributed by atoms with Gasteiger partial charge >= 0.3 is 0 Å². The van der Waals surface area contributed by atoms with E-state index < -0.39 is 17.1 Å². The van der Waals surface area contributed by atoms with Gasteiger partial charge in [-0.2, -0.15) is 0 Å². The molecule has 0 atom stereocenters. The van der Waals surface area contributed by atoms with Crippen molar-refractivity contribution in [2.45, 2.75) is 18.1 Å². The largest absolute Gasteiger partial charge is 0.373 e. The number of nitrogens with one attached hydrogen (secondary N) is 1. The van der Waals surface area contributed by atoms with E-state index in [1.165, 1.54) is 4.68 Å². The number of nitrogens with zero attached hydrogens (tertiary/aromatic N) is 3. The summed E-state index contributed by atoms with van der Waals surface area (Å²) in [6.07, 6.45) is 0. The van der Waals surface area contributed by atoms with Crippen molar-refractivity contribution in [2.75, 3.05) is 5.43 Å². The van der Waals surface area contributed by atoms with E-state index in [9.17, 15) is 15.0 Å². The summed E-state index contributed by atoms with van der Waals surface area (Å²) in [5.41, 5.74) is 0.908.